The van der Waals surface area contributed by atoms with Gasteiger partial charge in [0, 0.05) is 13.6 Å². The van der Waals surface area contributed by atoms with Crippen LogP contribution in [-0.2, 0) is 0 Å². The fourth-order valence-electron chi connectivity index (χ4n) is 1.67. The highest BCUT2D eigenvalue weighted by molar-refractivity contribution is 5.89. The Balaban J connectivity index is 2.08. The third kappa shape index (κ3) is 2.15. The molecule has 0 bridgehead atoms. The largest absolute Gasteiger partial charge is 0.352 e. The predicted octanol–water partition coefficient (Wildman–Crippen LogP) is -0.104. The molecule has 82 valence electrons. The van der Waals surface area contributed by atoms with Gasteiger partial charge in [-0.2, -0.15) is 4.98 Å². The van der Waals surface area contributed by atoms with Gasteiger partial charge in [-0.1, -0.05) is 5.16 Å². The van der Waals surface area contributed by atoms with Crippen LogP contribution in [0.4, 0.5) is 0 Å². The summed E-state index contributed by atoms with van der Waals surface area (Å²) in [5.41, 5.74) is 0. The second kappa shape index (κ2) is 4.39. The van der Waals surface area contributed by atoms with E-state index in [-0.39, 0.29) is 17.6 Å². The van der Waals surface area contributed by atoms with Crippen molar-refractivity contribution in [3.8, 4) is 0 Å². The van der Waals surface area contributed by atoms with Crippen molar-refractivity contribution in [1.82, 2.24) is 20.8 Å². The molecule has 1 amide bonds. The quantitative estimate of drug-likeness (QED) is 0.712. The van der Waals surface area contributed by atoms with Crippen LogP contribution in [0.1, 0.15) is 35.3 Å². The molecule has 6 nitrogen and oxygen atoms in total. The Morgan fingerprint density at radius 3 is 3.20 bits per heavy atom. The molecule has 1 aromatic rings. The topological polar surface area (TPSA) is 80.0 Å². The van der Waals surface area contributed by atoms with Crippen LogP contribution in [0.15, 0.2) is 4.52 Å². The first-order valence-corrected chi connectivity index (χ1v) is 5.07. The van der Waals surface area contributed by atoms with Gasteiger partial charge in [-0.15, -0.1) is 0 Å². The zero-order valence-corrected chi connectivity index (χ0v) is 8.62. The summed E-state index contributed by atoms with van der Waals surface area (Å²) in [6, 6.07) is 0. The van der Waals surface area contributed by atoms with Crippen LogP contribution < -0.4 is 10.6 Å². The maximum atomic E-state index is 11.2. The molecular formula is C9H14N4O2. The number of nitrogens with one attached hydrogen (secondary N) is 2. The zero-order valence-electron chi connectivity index (χ0n) is 8.62. The summed E-state index contributed by atoms with van der Waals surface area (Å²) in [7, 11) is 1.54. The minimum absolute atomic E-state index is 0.109. The molecular weight excluding hydrogens is 196 g/mol. The van der Waals surface area contributed by atoms with E-state index in [1.165, 1.54) is 0 Å². The third-order valence-electron chi connectivity index (χ3n) is 2.52. The molecule has 1 atom stereocenters. The van der Waals surface area contributed by atoms with Gasteiger partial charge < -0.3 is 15.2 Å². The number of nitrogens with zero attached hydrogens (tertiary/aromatic N) is 2. The average Bonchev–Trinajstić information content (AvgIpc) is 2.78. The van der Waals surface area contributed by atoms with Crippen molar-refractivity contribution in [2.75, 3.05) is 20.1 Å². The maximum absolute atomic E-state index is 11.2. The molecule has 1 saturated heterocycles. The molecule has 2 N–H and O–H groups in total. The highest BCUT2D eigenvalue weighted by atomic mass is 16.5. The Morgan fingerprint density at radius 2 is 2.53 bits per heavy atom. The molecule has 0 aromatic carbocycles. The summed E-state index contributed by atoms with van der Waals surface area (Å²) in [5.74, 6) is 0.595. The van der Waals surface area contributed by atoms with E-state index in [9.17, 15) is 4.79 Å². The Bertz CT molecular complexity index is 344. The van der Waals surface area contributed by atoms with Gasteiger partial charge in [0.1, 0.15) is 0 Å². The minimum Gasteiger partial charge on any atom is -0.352 e. The molecule has 6 heteroatoms. The van der Waals surface area contributed by atoms with E-state index in [0.29, 0.717) is 5.89 Å². The summed E-state index contributed by atoms with van der Waals surface area (Å²) >= 11 is 0. The van der Waals surface area contributed by atoms with Crippen LogP contribution in [0.3, 0.4) is 0 Å². The van der Waals surface area contributed by atoms with Crippen LogP contribution in [-0.4, -0.2) is 36.2 Å². The lowest BCUT2D eigenvalue weighted by Gasteiger charge is -2.18. The summed E-state index contributed by atoms with van der Waals surface area (Å²) < 4.78 is 5.07. The molecule has 0 spiro atoms. The van der Waals surface area contributed by atoms with Crippen molar-refractivity contribution in [2.45, 2.75) is 18.8 Å². The summed E-state index contributed by atoms with van der Waals surface area (Å²) in [6.07, 6.45) is 2.13. The second-order valence-corrected chi connectivity index (χ2v) is 3.58. The molecule has 1 aromatic heterocycles. The fourth-order valence-corrected chi connectivity index (χ4v) is 1.67. The number of amides is 1. The van der Waals surface area contributed by atoms with E-state index >= 15 is 0 Å². The number of carbonyl (C=O) groups excluding carboxylic acids is 1. The average molecular weight is 210 g/mol. The lowest BCUT2D eigenvalue weighted by Crippen LogP contribution is -2.28. The molecule has 0 saturated carbocycles. The van der Waals surface area contributed by atoms with Crippen molar-refractivity contribution in [3.05, 3.63) is 11.7 Å². The maximum Gasteiger partial charge on any atom is 0.292 e. The van der Waals surface area contributed by atoms with Gasteiger partial charge in [-0.3, -0.25) is 4.79 Å². The van der Waals surface area contributed by atoms with Gasteiger partial charge in [0.05, 0.1) is 5.92 Å². The number of rotatable bonds is 2. The van der Waals surface area contributed by atoms with Gasteiger partial charge in [0.2, 0.25) is 5.89 Å². The molecule has 1 aliphatic heterocycles. The van der Waals surface area contributed by atoms with Crippen LogP contribution >= 0.6 is 0 Å². The fraction of sp³-hybridized carbons (Fsp3) is 0.667. The van der Waals surface area contributed by atoms with E-state index in [4.69, 9.17) is 4.52 Å². The third-order valence-corrected chi connectivity index (χ3v) is 2.52. The molecule has 0 radical (unpaired) electrons. The van der Waals surface area contributed by atoms with Gasteiger partial charge in [0.15, 0.2) is 0 Å². The van der Waals surface area contributed by atoms with E-state index < -0.39 is 0 Å². The lowest BCUT2D eigenvalue weighted by atomic mass is 10.00. The standard InChI is InChI=1S/C9H14N4O2/c1-10-8(14)7-12-9(15-13-7)6-3-2-4-11-5-6/h6,11H,2-5H2,1H3,(H,10,14)/t6-/m1/s1. The first-order chi connectivity index (χ1) is 7.31. The van der Waals surface area contributed by atoms with Gasteiger partial charge in [-0.05, 0) is 19.4 Å². The number of hydrogen-bond acceptors (Lipinski definition) is 5. The van der Waals surface area contributed by atoms with E-state index in [0.717, 1.165) is 25.9 Å². The Hall–Kier alpha value is -1.43. The lowest BCUT2D eigenvalue weighted by molar-refractivity contribution is 0.0950. The van der Waals surface area contributed by atoms with Crippen LogP contribution in [0.5, 0.6) is 0 Å². The number of piperidine rings is 1. The highest BCUT2D eigenvalue weighted by Gasteiger charge is 2.22. The molecule has 2 rings (SSSR count). The van der Waals surface area contributed by atoms with Crippen molar-refractivity contribution in [1.29, 1.82) is 0 Å². The van der Waals surface area contributed by atoms with E-state index in [2.05, 4.69) is 20.8 Å². The Kier molecular flexibility index (Phi) is 2.96. The summed E-state index contributed by atoms with van der Waals surface area (Å²) in [4.78, 5) is 15.3. The zero-order chi connectivity index (χ0) is 10.7. The van der Waals surface area contributed by atoms with Crippen molar-refractivity contribution in [3.63, 3.8) is 0 Å². The van der Waals surface area contributed by atoms with E-state index in [1.54, 1.807) is 7.05 Å². The second-order valence-electron chi connectivity index (χ2n) is 3.58. The van der Waals surface area contributed by atoms with Crippen molar-refractivity contribution < 1.29 is 9.32 Å². The normalized spacial score (nSPS) is 21.3. The van der Waals surface area contributed by atoms with Crippen molar-refractivity contribution >= 4 is 5.91 Å². The molecule has 15 heavy (non-hydrogen) atoms. The van der Waals surface area contributed by atoms with Crippen LogP contribution in [0.2, 0.25) is 0 Å². The number of hydrogen-bond donors (Lipinski definition) is 2. The number of aromatic nitrogens is 2. The molecule has 0 unspecified atom stereocenters. The van der Waals surface area contributed by atoms with Crippen LogP contribution in [0, 0.1) is 0 Å². The molecule has 1 aliphatic rings. The van der Waals surface area contributed by atoms with E-state index in [1.807, 2.05) is 0 Å². The van der Waals surface area contributed by atoms with Crippen molar-refractivity contribution in [2.24, 2.45) is 0 Å². The number of carbonyl (C=O) groups is 1. The Morgan fingerprint density at radius 1 is 1.67 bits per heavy atom. The van der Waals surface area contributed by atoms with Gasteiger partial charge in [-0.25, -0.2) is 0 Å². The highest BCUT2D eigenvalue weighted by Crippen LogP contribution is 2.21. The predicted molar refractivity (Wildman–Crippen MR) is 52.5 cm³/mol. The summed E-state index contributed by atoms with van der Waals surface area (Å²) in [5, 5.41) is 9.35. The van der Waals surface area contributed by atoms with Crippen LogP contribution in [0.25, 0.3) is 0 Å². The monoisotopic (exact) mass is 210 g/mol. The first-order valence-electron chi connectivity index (χ1n) is 5.07. The first kappa shape index (κ1) is 10.1. The minimum atomic E-state index is -0.311. The Labute approximate surface area is 87.4 Å². The van der Waals surface area contributed by atoms with Gasteiger partial charge >= 0.3 is 0 Å². The smallest absolute Gasteiger partial charge is 0.292 e. The molecule has 2 heterocycles. The molecule has 0 aliphatic carbocycles. The van der Waals surface area contributed by atoms with Gasteiger partial charge in [0.25, 0.3) is 11.7 Å². The molecule has 1 fully saturated rings. The summed E-state index contributed by atoms with van der Waals surface area (Å²) in [6.45, 7) is 1.88. The SMILES string of the molecule is CNC(=O)c1noc([C@@H]2CCCNC2)n1.